The molecule has 1 heterocycles. The van der Waals surface area contributed by atoms with Crippen LogP contribution < -0.4 is 9.80 Å². The lowest BCUT2D eigenvalue weighted by molar-refractivity contribution is -0.384. The van der Waals surface area contributed by atoms with Crippen molar-refractivity contribution in [2.45, 2.75) is 26.1 Å². The van der Waals surface area contributed by atoms with Gasteiger partial charge < -0.3 is 14.5 Å². The molecule has 1 aliphatic rings. The van der Waals surface area contributed by atoms with E-state index in [1.165, 1.54) is 6.07 Å². The number of morpholine rings is 1. The molecule has 1 aliphatic heterocycles. The Hall–Kier alpha value is -1.89. The third kappa shape index (κ3) is 3.24. The second-order valence-electron chi connectivity index (χ2n) is 5.61. The van der Waals surface area contributed by atoms with E-state index in [4.69, 9.17) is 4.74 Å². The van der Waals surface area contributed by atoms with Crippen molar-refractivity contribution in [3.05, 3.63) is 28.1 Å². The predicted molar refractivity (Wildman–Crippen MR) is 79.6 cm³/mol. The molecule has 0 bridgehead atoms. The molecule has 6 nitrogen and oxygen atoms in total. The van der Waals surface area contributed by atoms with Gasteiger partial charge in [0.05, 0.1) is 28.9 Å². The number of hydrogen-bond acceptors (Lipinski definition) is 5. The van der Waals surface area contributed by atoms with Gasteiger partial charge in [0.2, 0.25) is 0 Å². The quantitative estimate of drug-likeness (QED) is 0.633. The van der Waals surface area contributed by atoms with Gasteiger partial charge in [-0.25, -0.2) is 4.39 Å². The van der Waals surface area contributed by atoms with Gasteiger partial charge in [0.25, 0.3) is 5.69 Å². The molecule has 2 atom stereocenters. The van der Waals surface area contributed by atoms with Gasteiger partial charge in [0, 0.05) is 27.2 Å². The van der Waals surface area contributed by atoms with Gasteiger partial charge in [-0.2, -0.15) is 0 Å². The highest BCUT2D eigenvalue weighted by molar-refractivity contribution is 5.70. The maximum absolute atomic E-state index is 14.3. The van der Waals surface area contributed by atoms with Crippen molar-refractivity contribution < 1.29 is 14.1 Å². The first-order valence-corrected chi connectivity index (χ1v) is 6.85. The molecule has 0 aromatic heterocycles. The van der Waals surface area contributed by atoms with Crippen LogP contribution in [0.3, 0.4) is 0 Å². The van der Waals surface area contributed by atoms with Crippen LogP contribution in [0.2, 0.25) is 0 Å². The van der Waals surface area contributed by atoms with Crippen LogP contribution in [0.25, 0.3) is 0 Å². The van der Waals surface area contributed by atoms with Crippen LogP contribution >= 0.6 is 0 Å². The van der Waals surface area contributed by atoms with Crippen molar-refractivity contribution in [2.24, 2.45) is 0 Å². The average Bonchev–Trinajstić information content (AvgIpc) is 2.36. The second-order valence-corrected chi connectivity index (χ2v) is 5.61. The molecule has 1 aromatic carbocycles. The SMILES string of the molecule is C[C@H]1CN(c2cc(N(C)C)c([N+](=O)[O-])cc2F)C[C@H](C)O1. The highest BCUT2D eigenvalue weighted by Crippen LogP contribution is 2.35. The fourth-order valence-electron chi connectivity index (χ4n) is 2.66. The summed E-state index contributed by atoms with van der Waals surface area (Å²) in [5, 5.41) is 11.0. The van der Waals surface area contributed by atoms with Crippen molar-refractivity contribution in [3.8, 4) is 0 Å². The van der Waals surface area contributed by atoms with E-state index in [9.17, 15) is 14.5 Å². The molecule has 1 aromatic rings. The largest absolute Gasteiger partial charge is 0.372 e. The summed E-state index contributed by atoms with van der Waals surface area (Å²) in [5.41, 5.74) is 0.546. The summed E-state index contributed by atoms with van der Waals surface area (Å²) in [5.74, 6) is -0.575. The number of halogens is 1. The molecule has 0 aliphatic carbocycles. The maximum atomic E-state index is 14.3. The first-order valence-electron chi connectivity index (χ1n) is 6.85. The van der Waals surface area contributed by atoms with E-state index < -0.39 is 10.7 Å². The summed E-state index contributed by atoms with van der Waals surface area (Å²) in [4.78, 5) is 14.0. The van der Waals surface area contributed by atoms with Crippen LogP contribution in [0.5, 0.6) is 0 Å². The normalized spacial score (nSPS) is 22.2. The number of benzene rings is 1. The van der Waals surface area contributed by atoms with Crippen LogP contribution in [-0.4, -0.2) is 44.3 Å². The predicted octanol–water partition coefficient (Wildman–Crippen LogP) is 2.41. The van der Waals surface area contributed by atoms with E-state index in [0.29, 0.717) is 24.5 Å². The Morgan fingerprint density at radius 2 is 1.90 bits per heavy atom. The number of rotatable bonds is 3. The molecule has 0 N–H and O–H groups in total. The molecule has 116 valence electrons. The highest BCUT2D eigenvalue weighted by atomic mass is 19.1. The summed E-state index contributed by atoms with van der Waals surface area (Å²) in [6.45, 7) is 4.98. The number of ether oxygens (including phenoxy) is 1. The third-order valence-electron chi connectivity index (χ3n) is 3.48. The summed E-state index contributed by atoms with van der Waals surface area (Å²) in [6, 6.07) is 2.54. The van der Waals surface area contributed by atoms with Crippen LogP contribution in [0, 0.1) is 15.9 Å². The zero-order chi connectivity index (χ0) is 15.7. The van der Waals surface area contributed by atoms with E-state index in [1.807, 2.05) is 18.7 Å². The van der Waals surface area contributed by atoms with E-state index in [1.54, 1.807) is 19.0 Å². The average molecular weight is 297 g/mol. The van der Waals surface area contributed by atoms with Gasteiger partial charge in [0.1, 0.15) is 5.69 Å². The Labute approximate surface area is 123 Å². The fraction of sp³-hybridized carbons (Fsp3) is 0.571. The van der Waals surface area contributed by atoms with Crippen LogP contribution in [-0.2, 0) is 4.74 Å². The van der Waals surface area contributed by atoms with Gasteiger partial charge in [0.15, 0.2) is 5.82 Å². The summed E-state index contributed by atoms with van der Waals surface area (Å²) in [7, 11) is 3.41. The van der Waals surface area contributed by atoms with Gasteiger partial charge in [-0.1, -0.05) is 0 Å². The minimum atomic E-state index is -0.575. The van der Waals surface area contributed by atoms with Crippen molar-refractivity contribution in [3.63, 3.8) is 0 Å². The summed E-state index contributed by atoms with van der Waals surface area (Å²) >= 11 is 0. The first kappa shape index (κ1) is 15.5. The smallest absolute Gasteiger partial charge is 0.295 e. The summed E-state index contributed by atoms with van der Waals surface area (Å²) in [6.07, 6.45) is -0.0164. The molecule has 1 fully saturated rings. The highest BCUT2D eigenvalue weighted by Gasteiger charge is 2.27. The number of nitro benzene ring substituents is 1. The van der Waals surface area contributed by atoms with Crippen molar-refractivity contribution >= 4 is 17.1 Å². The molecule has 0 spiro atoms. The monoisotopic (exact) mass is 297 g/mol. The minimum absolute atomic E-state index is 0.00820. The topological polar surface area (TPSA) is 58.9 Å². The molecule has 7 heteroatoms. The Bertz CT molecular complexity index is 541. The lowest BCUT2D eigenvalue weighted by atomic mass is 10.1. The maximum Gasteiger partial charge on any atom is 0.295 e. The lowest BCUT2D eigenvalue weighted by Crippen LogP contribution is -2.45. The number of nitrogens with zero attached hydrogens (tertiary/aromatic N) is 3. The van der Waals surface area contributed by atoms with Gasteiger partial charge in [-0.05, 0) is 19.9 Å². The van der Waals surface area contributed by atoms with Gasteiger partial charge >= 0.3 is 0 Å². The van der Waals surface area contributed by atoms with Crippen molar-refractivity contribution in [1.82, 2.24) is 0 Å². The molecule has 2 rings (SSSR count). The minimum Gasteiger partial charge on any atom is -0.372 e. The third-order valence-corrected chi connectivity index (χ3v) is 3.48. The molecular weight excluding hydrogens is 277 g/mol. The fourth-order valence-corrected chi connectivity index (χ4v) is 2.66. The molecule has 0 amide bonds. The number of hydrogen-bond donors (Lipinski definition) is 0. The van der Waals surface area contributed by atoms with E-state index in [-0.39, 0.29) is 17.9 Å². The Balaban J connectivity index is 2.44. The summed E-state index contributed by atoms with van der Waals surface area (Å²) < 4.78 is 19.9. The Morgan fingerprint density at radius 1 is 1.33 bits per heavy atom. The number of nitro groups is 1. The van der Waals surface area contributed by atoms with Gasteiger partial charge in [-0.3, -0.25) is 10.1 Å². The van der Waals surface area contributed by atoms with E-state index in [0.717, 1.165) is 6.07 Å². The zero-order valence-electron chi connectivity index (χ0n) is 12.7. The first-order chi connectivity index (χ1) is 9.79. The zero-order valence-corrected chi connectivity index (χ0v) is 12.7. The van der Waals surface area contributed by atoms with Crippen molar-refractivity contribution in [2.75, 3.05) is 37.0 Å². The van der Waals surface area contributed by atoms with Crippen LogP contribution in [0.4, 0.5) is 21.5 Å². The number of anilines is 2. The second kappa shape index (κ2) is 5.85. The standard InChI is InChI=1S/C14H20FN3O3/c1-9-7-17(8-10(2)21-9)12-6-13(16(3)4)14(18(19)20)5-11(12)15/h5-6,9-10H,7-8H2,1-4H3/t9-,10-/m0/s1. The lowest BCUT2D eigenvalue weighted by Gasteiger charge is -2.37. The van der Waals surface area contributed by atoms with Crippen LogP contribution in [0.1, 0.15) is 13.8 Å². The molecule has 1 saturated heterocycles. The Kier molecular flexibility index (Phi) is 4.32. The molecule has 21 heavy (non-hydrogen) atoms. The molecular formula is C14H20FN3O3. The Morgan fingerprint density at radius 3 is 2.38 bits per heavy atom. The molecule has 0 radical (unpaired) electrons. The van der Waals surface area contributed by atoms with Crippen molar-refractivity contribution in [1.29, 1.82) is 0 Å². The molecule has 0 saturated carbocycles. The van der Waals surface area contributed by atoms with E-state index >= 15 is 0 Å². The van der Waals surface area contributed by atoms with Gasteiger partial charge in [-0.15, -0.1) is 0 Å². The molecule has 0 unspecified atom stereocenters. The van der Waals surface area contributed by atoms with Crippen LogP contribution in [0.15, 0.2) is 12.1 Å². The van der Waals surface area contributed by atoms with E-state index in [2.05, 4.69) is 0 Å².